The number of hydrogen-bond donors (Lipinski definition) is 1. The molecule has 1 fully saturated rings. The van der Waals surface area contributed by atoms with E-state index < -0.39 is 0 Å². The summed E-state index contributed by atoms with van der Waals surface area (Å²) in [6.45, 7) is 7.48. The first kappa shape index (κ1) is 14.7. The van der Waals surface area contributed by atoms with E-state index >= 15 is 0 Å². The average Bonchev–Trinajstić information content (AvgIpc) is 3.19. The zero-order valence-corrected chi connectivity index (χ0v) is 13.2. The van der Waals surface area contributed by atoms with Crippen molar-refractivity contribution < 1.29 is 0 Å². The molecule has 1 atom stereocenters. The Morgan fingerprint density at radius 1 is 1.32 bits per heavy atom. The van der Waals surface area contributed by atoms with Crippen molar-refractivity contribution in [1.29, 1.82) is 0 Å². The molecule has 2 rings (SSSR count). The fourth-order valence-corrected chi connectivity index (χ4v) is 2.72. The summed E-state index contributed by atoms with van der Waals surface area (Å²) >= 11 is 6.44. The van der Waals surface area contributed by atoms with Crippen LogP contribution in [0.1, 0.15) is 39.2 Å². The number of anilines is 1. The molecular formula is C16H25ClN2. The van der Waals surface area contributed by atoms with Crippen molar-refractivity contribution in [2.45, 2.75) is 52.2 Å². The second kappa shape index (κ2) is 6.15. The minimum absolute atomic E-state index is 0.496. The van der Waals surface area contributed by atoms with Gasteiger partial charge in [-0.2, -0.15) is 0 Å². The Hall–Kier alpha value is -0.730. The predicted molar refractivity (Wildman–Crippen MR) is 84.0 cm³/mol. The summed E-state index contributed by atoms with van der Waals surface area (Å²) in [6, 6.07) is 7.49. The molecule has 0 heterocycles. The second-order valence-corrected chi connectivity index (χ2v) is 6.42. The SMILES string of the molecule is CC(C)NCc1ccc(N(C)C(C)C2CC2)c(Cl)c1. The molecule has 1 aromatic carbocycles. The van der Waals surface area contributed by atoms with E-state index in [1.54, 1.807) is 0 Å². The minimum atomic E-state index is 0.496. The van der Waals surface area contributed by atoms with Gasteiger partial charge in [-0.15, -0.1) is 0 Å². The number of nitrogens with one attached hydrogen (secondary N) is 1. The van der Waals surface area contributed by atoms with Gasteiger partial charge in [0.2, 0.25) is 0 Å². The van der Waals surface area contributed by atoms with Crippen LogP contribution in [0.4, 0.5) is 5.69 Å². The lowest BCUT2D eigenvalue weighted by molar-refractivity contribution is 0.588. The maximum absolute atomic E-state index is 6.44. The number of benzene rings is 1. The maximum Gasteiger partial charge on any atom is 0.0642 e. The summed E-state index contributed by atoms with van der Waals surface area (Å²) in [6.07, 6.45) is 2.72. The number of rotatable bonds is 6. The first-order chi connectivity index (χ1) is 8.99. The van der Waals surface area contributed by atoms with E-state index in [9.17, 15) is 0 Å². The summed E-state index contributed by atoms with van der Waals surface area (Å²) in [5, 5.41) is 4.28. The topological polar surface area (TPSA) is 15.3 Å². The van der Waals surface area contributed by atoms with Gasteiger partial charge in [0.15, 0.2) is 0 Å². The van der Waals surface area contributed by atoms with Crippen LogP contribution in [-0.4, -0.2) is 19.1 Å². The summed E-state index contributed by atoms with van der Waals surface area (Å²) in [7, 11) is 2.15. The molecule has 0 aliphatic heterocycles. The van der Waals surface area contributed by atoms with Gasteiger partial charge >= 0.3 is 0 Å². The average molecular weight is 281 g/mol. The summed E-state index contributed by atoms with van der Waals surface area (Å²) < 4.78 is 0. The third-order valence-electron chi connectivity index (χ3n) is 4.02. The largest absolute Gasteiger partial charge is 0.370 e. The van der Waals surface area contributed by atoms with Crippen LogP contribution in [0.3, 0.4) is 0 Å². The Morgan fingerprint density at radius 2 is 2.00 bits per heavy atom. The van der Waals surface area contributed by atoms with Crippen LogP contribution in [0.5, 0.6) is 0 Å². The molecule has 19 heavy (non-hydrogen) atoms. The molecule has 2 nitrogen and oxygen atoms in total. The molecule has 1 aliphatic carbocycles. The summed E-state index contributed by atoms with van der Waals surface area (Å²) in [4.78, 5) is 2.32. The highest BCUT2D eigenvalue weighted by Gasteiger charge is 2.31. The number of hydrogen-bond acceptors (Lipinski definition) is 2. The predicted octanol–water partition coefficient (Wildman–Crippen LogP) is 4.07. The van der Waals surface area contributed by atoms with Gasteiger partial charge in [-0.25, -0.2) is 0 Å². The van der Waals surface area contributed by atoms with Crippen molar-refractivity contribution in [3.05, 3.63) is 28.8 Å². The van der Waals surface area contributed by atoms with Gasteiger partial charge in [-0.3, -0.25) is 0 Å². The van der Waals surface area contributed by atoms with Gasteiger partial charge in [-0.05, 0) is 43.4 Å². The first-order valence-corrected chi connectivity index (χ1v) is 7.61. The third-order valence-corrected chi connectivity index (χ3v) is 4.32. The van der Waals surface area contributed by atoms with Crippen molar-refractivity contribution in [2.24, 2.45) is 5.92 Å². The van der Waals surface area contributed by atoms with Crippen LogP contribution >= 0.6 is 11.6 Å². The van der Waals surface area contributed by atoms with Gasteiger partial charge in [0.25, 0.3) is 0 Å². The molecule has 0 saturated heterocycles. The van der Waals surface area contributed by atoms with Gasteiger partial charge in [0.1, 0.15) is 0 Å². The van der Waals surface area contributed by atoms with Crippen LogP contribution in [0.15, 0.2) is 18.2 Å². The second-order valence-electron chi connectivity index (χ2n) is 6.01. The summed E-state index contributed by atoms with van der Waals surface area (Å²) in [5.74, 6) is 0.850. The van der Waals surface area contributed by atoms with Crippen molar-refractivity contribution >= 4 is 17.3 Å². The highest BCUT2D eigenvalue weighted by molar-refractivity contribution is 6.33. The van der Waals surface area contributed by atoms with E-state index in [1.165, 1.54) is 18.4 Å². The van der Waals surface area contributed by atoms with Crippen LogP contribution in [0.25, 0.3) is 0 Å². The molecule has 1 aromatic rings. The van der Waals surface area contributed by atoms with Gasteiger partial charge < -0.3 is 10.2 Å². The van der Waals surface area contributed by atoms with E-state index in [0.29, 0.717) is 12.1 Å². The van der Waals surface area contributed by atoms with Gasteiger partial charge in [0, 0.05) is 25.7 Å². The highest BCUT2D eigenvalue weighted by Crippen LogP contribution is 2.38. The van der Waals surface area contributed by atoms with E-state index in [0.717, 1.165) is 23.2 Å². The number of halogens is 1. The van der Waals surface area contributed by atoms with Gasteiger partial charge in [-0.1, -0.05) is 31.5 Å². The fraction of sp³-hybridized carbons (Fsp3) is 0.625. The molecule has 1 unspecified atom stereocenters. The monoisotopic (exact) mass is 280 g/mol. The Labute approximate surface area is 122 Å². The molecular weight excluding hydrogens is 256 g/mol. The molecule has 3 heteroatoms. The lowest BCUT2D eigenvalue weighted by Gasteiger charge is -2.28. The van der Waals surface area contributed by atoms with Crippen molar-refractivity contribution in [1.82, 2.24) is 5.32 Å². The van der Waals surface area contributed by atoms with Crippen LogP contribution in [-0.2, 0) is 6.54 Å². The Balaban J connectivity index is 2.05. The van der Waals surface area contributed by atoms with E-state index in [-0.39, 0.29) is 0 Å². The molecule has 0 bridgehead atoms. The first-order valence-electron chi connectivity index (χ1n) is 7.23. The lowest BCUT2D eigenvalue weighted by atomic mass is 10.1. The van der Waals surface area contributed by atoms with E-state index in [1.807, 2.05) is 0 Å². The maximum atomic E-state index is 6.44. The quantitative estimate of drug-likeness (QED) is 0.845. The van der Waals surface area contributed by atoms with Crippen molar-refractivity contribution in [3.8, 4) is 0 Å². The molecule has 1 N–H and O–H groups in total. The van der Waals surface area contributed by atoms with E-state index in [2.05, 4.69) is 56.2 Å². The summed E-state index contributed by atoms with van der Waals surface area (Å²) in [5.41, 5.74) is 2.39. The third kappa shape index (κ3) is 3.87. The van der Waals surface area contributed by atoms with Crippen molar-refractivity contribution in [3.63, 3.8) is 0 Å². The zero-order valence-electron chi connectivity index (χ0n) is 12.4. The molecule has 0 radical (unpaired) electrons. The molecule has 0 amide bonds. The normalized spacial score (nSPS) is 16.7. The Kier molecular flexibility index (Phi) is 4.75. The van der Waals surface area contributed by atoms with Crippen LogP contribution in [0, 0.1) is 5.92 Å². The fourth-order valence-electron chi connectivity index (χ4n) is 2.38. The molecule has 0 aromatic heterocycles. The minimum Gasteiger partial charge on any atom is -0.370 e. The molecule has 1 saturated carbocycles. The molecule has 0 spiro atoms. The van der Waals surface area contributed by atoms with Gasteiger partial charge in [0.05, 0.1) is 10.7 Å². The van der Waals surface area contributed by atoms with Crippen LogP contribution < -0.4 is 10.2 Å². The smallest absolute Gasteiger partial charge is 0.0642 e. The lowest BCUT2D eigenvalue weighted by Crippen LogP contribution is -2.30. The Bertz CT molecular complexity index is 427. The van der Waals surface area contributed by atoms with Crippen molar-refractivity contribution in [2.75, 3.05) is 11.9 Å². The molecule has 1 aliphatic rings. The standard InChI is InChI=1S/C16H25ClN2/c1-11(2)18-10-13-5-8-16(15(17)9-13)19(4)12(3)14-6-7-14/h5,8-9,11-12,14,18H,6-7,10H2,1-4H3. The number of nitrogens with zero attached hydrogens (tertiary/aromatic N) is 1. The Morgan fingerprint density at radius 3 is 2.53 bits per heavy atom. The molecule has 106 valence electrons. The zero-order chi connectivity index (χ0) is 14.0. The highest BCUT2D eigenvalue weighted by atomic mass is 35.5. The van der Waals surface area contributed by atoms with E-state index in [4.69, 9.17) is 11.6 Å². The van der Waals surface area contributed by atoms with Crippen LogP contribution in [0.2, 0.25) is 5.02 Å².